The zero-order chi connectivity index (χ0) is 14.3. The molecule has 0 bridgehead atoms. The van der Waals surface area contributed by atoms with Crippen LogP contribution in [0.4, 0.5) is 0 Å². The van der Waals surface area contributed by atoms with Gasteiger partial charge in [-0.2, -0.15) is 0 Å². The van der Waals surface area contributed by atoms with Gasteiger partial charge in [0, 0.05) is 19.6 Å². The summed E-state index contributed by atoms with van der Waals surface area (Å²) in [5, 5.41) is 11.5. The molecule has 0 spiro atoms. The fraction of sp³-hybridized carbons (Fsp3) is 0.846. The Hall–Kier alpha value is -1.14. The number of hydrogen-bond donors (Lipinski definition) is 2. The van der Waals surface area contributed by atoms with Crippen LogP contribution in [0, 0.1) is 5.41 Å². The van der Waals surface area contributed by atoms with Crippen molar-refractivity contribution >= 4 is 11.9 Å². The van der Waals surface area contributed by atoms with Crippen molar-refractivity contribution in [3.63, 3.8) is 0 Å². The van der Waals surface area contributed by atoms with E-state index in [-0.39, 0.29) is 25.0 Å². The largest absolute Gasteiger partial charge is 0.481 e. The van der Waals surface area contributed by atoms with Crippen LogP contribution in [0.5, 0.6) is 0 Å². The number of aliphatic carboxylic acids is 1. The van der Waals surface area contributed by atoms with E-state index in [1.807, 2.05) is 0 Å². The van der Waals surface area contributed by atoms with Gasteiger partial charge in [-0.1, -0.05) is 0 Å². The van der Waals surface area contributed by atoms with Crippen LogP contribution in [-0.4, -0.2) is 49.5 Å². The van der Waals surface area contributed by atoms with Crippen molar-refractivity contribution in [1.29, 1.82) is 0 Å². The third kappa shape index (κ3) is 6.02. The fourth-order valence-electron chi connectivity index (χ4n) is 1.64. The normalized spacial score (nSPS) is 19.4. The summed E-state index contributed by atoms with van der Waals surface area (Å²) in [4.78, 5) is 22.3. The molecule has 1 fully saturated rings. The molecule has 2 N–H and O–H groups in total. The Morgan fingerprint density at radius 2 is 2.21 bits per heavy atom. The summed E-state index contributed by atoms with van der Waals surface area (Å²) < 4.78 is 10.8. The van der Waals surface area contributed by atoms with Crippen molar-refractivity contribution in [2.45, 2.75) is 39.2 Å². The first-order valence-corrected chi connectivity index (χ1v) is 6.61. The zero-order valence-electron chi connectivity index (χ0n) is 11.6. The lowest BCUT2D eigenvalue weighted by Gasteiger charge is -2.19. The first-order chi connectivity index (χ1) is 8.92. The molecule has 0 aliphatic carbocycles. The van der Waals surface area contributed by atoms with Crippen LogP contribution in [0.25, 0.3) is 0 Å². The molecule has 1 saturated heterocycles. The molecule has 0 aromatic heterocycles. The molecular weight excluding hydrogens is 250 g/mol. The monoisotopic (exact) mass is 273 g/mol. The molecule has 110 valence electrons. The zero-order valence-corrected chi connectivity index (χ0v) is 11.6. The minimum absolute atomic E-state index is 0.118. The van der Waals surface area contributed by atoms with Crippen LogP contribution in [0.3, 0.4) is 0 Å². The summed E-state index contributed by atoms with van der Waals surface area (Å²) in [5.41, 5.74) is -0.950. The van der Waals surface area contributed by atoms with Gasteiger partial charge in [-0.15, -0.1) is 0 Å². The number of hydrogen-bond acceptors (Lipinski definition) is 4. The highest BCUT2D eigenvalue weighted by Crippen LogP contribution is 2.13. The van der Waals surface area contributed by atoms with E-state index in [1.54, 1.807) is 13.8 Å². The van der Waals surface area contributed by atoms with Gasteiger partial charge < -0.3 is 19.9 Å². The molecule has 1 aliphatic heterocycles. The van der Waals surface area contributed by atoms with Gasteiger partial charge in [0.15, 0.2) is 0 Å². The van der Waals surface area contributed by atoms with Crippen LogP contribution in [-0.2, 0) is 19.1 Å². The van der Waals surface area contributed by atoms with Gasteiger partial charge in [-0.3, -0.25) is 9.59 Å². The molecule has 1 aliphatic rings. The molecule has 0 saturated carbocycles. The molecule has 1 unspecified atom stereocenters. The molecule has 0 aromatic carbocycles. The number of carbonyl (C=O) groups excluding carboxylic acids is 1. The van der Waals surface area contributed by atoms with Crippen molar-refractivity contribution in [2.75, 3.05) is 26.4 Å². The van der Waals surface area contributed by atoms with E-state index in [0.717, 1.165) is 19.4 Å². The molecule has 0 radical (unpaired) electrons. The van der Waals surface area contributed by atoms with Crippen molar-refractivity contribution in [1.82, 2.24) is 5.32 Å². The molecule has 6 heteroatoms. The van der Waals surface area contributed by atoms with Crippen molar-refractivity contribution in [3.05, 3.63) is 0 Å². The average Bonchev–Trinajstić information content (AvgIpc) is 2.85. The maximum Gasteiger partial charge on any atom is 0.310 e. The van der Waals surface area contributed by atoms with Gasteiger partial charge >= 0.3 is 5.97 Å². The second-order valence-corrected chi connectivity index (χ2v) is 5.43. The standard InChI is InChI=1S/C13H23NO5/c1-13(2,12(16)17)9-14-11(15)5-7-18-8-10-4-3-6-19-10/h10H,3-9H2,1-2H3,(H,14,15)(H,16,17). The molecule has 1 rings (SSSR count). The molecular formula is C13H23NO5. The Morgan fingerprint density at radius 1 is 1.47 bits per heavy atom. The number of amides is 1. The third-order valence-corrected chi connectivity index (χ3v) is 3.11. The summed E-state index contributed by atoms with van der Waals surface area (Å²) >= 11 is 0. The molecule has 0 aromatic rings. The van der Waals surface area contributed by atoms with E-state index in [1.165, 1.54) is 0 Å². The smallest absolute Gasteiger partial charge is 0.310 e. The number of rotatable bonds is 8. The van der Waals surface area contributed by atoms with Crippen LogP contribution >= 0.6 is 0 Å². The Bertz CT molecular complexity index is 310. The summed E-state index contributed by atoms with van der Waals surface area (Å²) in [6.45, 7) is 4.91. The fourth-order valence-corrected chi connectivity index (χ4v) is 1.64. The van der Waals surface area contributed by atoms with Gasteiger partial charge in [0.1, 0.15) is 0 Å². The van der Waals surface area contributed by atoms with Crippen LogP contribution in [0.2, 0.25) is 0 Å². The lowest BCUT2D eigenvalue weighted by molar-refractivity contribution is -0.146. The average molecular weight is 273 g/mol. The maximum atomic E-state index is 11.5. The van der Waals surface area contributed by atoms with Gasteiger partial charge in [-0.05, 0) is 26.7 Å². The van der Waals surface area contributed by atoms with Crippen LogP contribution in [0.15, 0.2) is 0 Å². The topological polar surface area (TPSA) is 84.9 Å². The van der Waals surface area contributed by atoms with E-state index < -0.39 is 11.4 Å². The van der Waals surface area contributed by atoms with E-state index in [0.29, 0.717) is 13.2 Å². The highest BCUT2D eigenvalue weighted by Gasteiger charge is 2.27. The number of nitrogens with one attached hydrogen (secondary N) is 1. The second-order valence-electron chi connectivity index (χ2n) is 5.43. The van der Waals surface area contributed by atoms with Crippen LogP contribution in [0.1, 0.15) is 33.1 Å². The van der Waals surface area contributed by atoms with E-state index in [2.05, 4.69) is 5.32 Å². The van der Waals surface area contributed by atoms with Gasteiger partial charge in [0.2, 0.25) is 5.91 Å². The van der Waals surface area contributed by atoms with Gasteiger partial charge in [0.05, 0.1) is 24.7 Å². The lowest BCUT2D eigenvalue weighted by atomic mass is 9.94. The summed E-state index contributed by atoms with van der Waals surface area (Å²) in [6.07, 6.45) is 2.48. The summed E-state index contributed by atoms with van der Waals surface area (Å²) in [6, 6.07) is 0. The molecule has 1 heterocycles. The predicted molar refractivity (Wildman–Crippen MR) is 68.8 cm³/mol. The van der Waals surface area contributed by atoms with E-state index >= 15 is 0 Å². The Labute approximate surface area is 113 Å². The minimum Gasteiger partial charge on any atom is -0.481 e. The minimum atomic E-state index is -0.950. The lowest BCUT2D eigenvalue weighted by Crippen LogP contribution is -2.39. The molecule has 1 amide bonds. The van der Waals surface area contributed by atoms with Crippen molar-refractivity contribution in [3.8, 4) is 0 Å². The Kier molecular flexibility index (Phi) is 6.24. The number of carbonyl (C=O) groups is 2. The maximum absolute atomic E-state index is 11.5. The van der Waals surface area contributed by atoms with Crippen LogP contribution < -0.4 is 5.32 Å². The Morgan fingerprint density at radius 3 is 2.79 bits per heavy atom. The quantitative estimate of drug-likeness (QED) is 0.639. The molecule has 19 heavy (non-hydrogen) atoms. The second kappa shape index (κ2) is 7.45. The SMILES string of the molecule is CC(C)(CNC(=O)CCOCC1CCCO1)C(=O)O. The summed E-state index contributed by atoms with van der Waals surface area (Å²) in [7, 11) is 0. The summed E-state index contributed by atoms with van der Waals surface area (Å²) in [5.74, 6) is -1.12. The van der Waals surface area contributed by atoms with Crippen molar-refractivity contribution in [2.24, 2.45) is 5.41 Å². The van der Waals surface area contributed by atoms with E-state index in [4.69, 9.17) is 14.6 Å². The Balaban J connectivity index is 2.06. The highest BCUT2D eigenvalue weighted by atomic mass is 16.5. The van der Waals surface area contributed by atoms with Gasteiger partial charge in [0.25, 0.3) is 0 Å². The first kappa shape index (κ1) is 15.9. The number of carboxylic acids is 1. The van der Waals surface area contributed by atoms with Gasteiger partial charge in [-0.25, -0.2) is 0 Å². The van der Waals surface area contributed by atoms with Crippen molar-refractivity contribution < 1.29 is 24.2 Å². The number of ether oxygens (including phenoxy) is 2. The first-order valence-electron chi connectivity index (χ1n) is 6.61. The molecule has 6 nitrogen and oxygen atoms in total. The predicted octanol–water partition coefficient (Wildman–Crippen LogP) is 0.799. The number of carboxylic acid groups (broad SMARTS) is 1. The molecule has 1 atom stereocenters. The third-order valence-electron chi connectivity index (χ3n) is 3.11. The highest BCUT2D eigenvalue weighted by molar-refractivity contribution is 5.78. The van der Waals surface area contributed by atoms with E-state index in [9.17, 15) is 9.59 Å².